The van der Waals surface area contributed by atoms with Gasteiger partial charge >= 0.3 is 0 Å². The summed E-state index contributed by atoms with van der Waals surface area (Å²) in [4.78, 5) is 14.7. The first-order valence-corrected chi connectivity index (χ1v) is 8.02. The van der Waals surface area contributed by atoms with E-state index in [0.717, 1.165) is 36.5 Å². The number of hydrogen-bond donors (Lipinski definition) is 1. The van der Waals surface area contributed by atoms with E-state index in [0.29, 0.717) is 12.6 Å². The molecule has 4 heteroatoms. The monoisotopic (exact) mass is 310 g/mol. The first-order valence-electron chi connectivity index (χ1n) is 8.02. The maximum Gasteiger partial charge on any atom is 0.254 e. The van der Waals surface area contributed by atoms with Gasteiger partial charge < -0.3 is 15.0 Å². The fourth-order valence-electron chi connectivity index (χ4n) is 2.82. The van der Waals surface area contributed by atoms with E-state index in [1.165, 1.54) is 0 Å². The molecule has 1 saturated heterocycles. The summed E-state index contributed by atoms with van der Waals surface area (Å²) in [6, 6.07) is 17.7. The van der Waals surface area contributed by atoms with Crippen LogP contribution in [0, 0.1) is 0 Å². The summed E-state index contributed by atoms with van der Waals surface area (Å²) in [7, 11) is 0. The molecule has 23 heavy (non-hydrogen) atoms. The smallest absolute Gasteiger partial charge is 0.254 e. The highest BCUT2D eigenvalue weighted by molar-refractivity contribution is 5.95. The topological polar surface area (TPSA) is 41.6 Å². The SMILES string of the molecule is CC1CN(C(=O)c2ccccc2COc2ccccc2)CCN1. The lowest BCUT2D eigenvalue weighted by Crippen LogP contribution is -2.51. The molecule has 1 unspecified atom stereocenters. The largest absolute Gasteiger partial charge is 0.489 e. The van der Waals surface area contributed by atoms with Crippen molar-refractivity contribution >= 4 is 5.91 Å². The lowest BCUT2D eigenvalue weighted by Gasteiger charge is -2.32. The van der Waals surface area contributed by atoms with E-state index in [9.17, 15) is 4.79 Å². The van der Waals surface area contributed by atoms with Gasteiger partial charge in [0.2, 0.25) is 0 Å². The van der Waals surface area contributed by atoms with Crippen molar-refractivity contribution < 1.29 is 9.53 Å². The van der Waals surface area contributed by atoms with E-state index in [4.69, 9.17) is 4.74 Å². The molecule has 120 valence electrons. The number of rotatable bonds is 4. The Labute approximate surface area is 137 Å². The quantitative estimate of drug-likeness (QED) is 0.944. The second-order valence-electron chi connectivity index (χ2n) is 5.87. The number of nitrogens with one attached hydrogen (secondary N) is 1. The molecule has 1 heterocycles. The van der Waals surface area contributed by atoms with Crippen molar-refractivity contribution in [2.75, 3.05) is 19.6 Å². The molecular formula is C19H22N2O2. The third-order valence-electron chi connectivity index (χ3n) is 4.04. The third kappa shape index (κ3) is 3.90. The van der Waals surface area contributed by atoms with Crippen LogP contribution in [0.15, 0.2) is 54.6 Å². The summed E-state index contributed by atoms with van der Waals surface area (Å²) in [5, 5.41) is 3.36. The van der Waals surface area contributed by atoms with Crippen molar-refractivity contribution in [2.45, 2.75) is 19.6 Å². The maximum atomic E-state index is 12.8. The number of amides is 1. The van der Waals surface area contributed by atoms with Crippen LogP contribution in [0.3, 0.4) is 0 Å². The Balaban J connectivity index is 1.73. The van der Waals surface area contributed by atoms with Gasteiger partial charge in [-0.1, -0.05) is 36.4 Å². The molecule has 0 saturated carbocycles. The van der Waals surface area contributed by atoms with Gasteiger partial charge in [0.15, 0.2) is 0 Å². The van der Waals surface area contributed by atoms with Gasteiger partial charge in [0, 0.05) is 36.8 Å². The molecular weight excluding hydrogens is 288 g/mol. The van der Waals surface area contributed by atoms with Crippen molar-refractivity contribution in [3.8, 4) is 5.75 Å². The number of hydrogen-bond acceptors (Lipinski definition) is 3. The van der Waals surface area contributed by atoms with E-state index in [2.05, 4.69) is 12.2 Å². The van der Waals surface area contributed by atoms with Gasteiger partial charge in [-0.05, 0) is 25.1 Å². The predicted octanol–water partition coefficient (Wildman–Crippen LogP) is 2.70. The van der Waals surface area contributed by atoms with Crippen molar-refractivity contribution in [1.29, 1.82) is 0 Å². The van der Waals surface area contributed by atoms with Gasteiger partial charge in [0.05, 0.1) is 0 Å². The Bertz CT molecular complexity index is 657. The van der Waals surface area contributed by atoms with Crippen molar-refractivity contribution in [3.05, 3.63) is 65.7 Å². The van der Waals surface area contributed by atoms with Gasteiger partial charge in [-0.25, -0.2) is 0 Å². The minimum atomic E-state index is 0.0885. The number of benzene rings is 2. The highest BCUT2D eigenvalue weighted by Gasteiger charge is 2.23. The average Bonchev–Trinajstić information content (AvgIpc) is 2.60. The molecule has 0 aromatic heterocycles. The molecule has 0 radical (unpaired) electrons. The lowest BCUT2D eigenvalue weighted by atomic mass is 10.1. The number of carbonyl (C=O) groups excluding carboxylic acids is 1. The Morgan fingerprint density at radius 3 is 2.70 bits per heavy atom. The number of para-hydroxylation sites is 1. The molecule has 4 nitrogen and oxygen atoms in total. The molecule has 1 fully saturated rings. The molecule has 2 aromatic rings. The first-order chi connectivity index (χ1) is 11.2. The second-order valence-corrected chi connectivity index (χ2v) is 5.87. The standard InChI is InChI=1S/C19H22N2O2/c1-15-13-21(12-11-20-15)19(22)18-10-6-5-7-16(18)14-23-17-8-3-2-4-9-17/h2-10,15,20H,11-14H2,1H3. The van der Waals surface area contributed by atoms with Crippen LogP contribution in [-0.2, 0) is 6.61 Å². The molecule has 3 rings (SSSR count). The fraction of sp³-hybridized carbons (Fsp3) is 0.316. The van der Waals surface area contributed by atoms with Gasteiger partial charge in [-0.2, -0.15) is 0 Å². The maximum absolute atomic E-state index is 12.8. The first kappa shape index (κ1) is 15.6. The van der Waals surface area contributed by atoms with Gasteiger partial charge in [-0.3, -0.25) is 4.79 Å². The molecule has 0 bridgehead atoms. The Hall–Kier alpha value is -2.33. The third-order valence-corrected chi connectivity index (χ3v) is 4.04. The molecule has 1 N–H and O–H groups in total. The summed E-state index contributed by atoms with van der Waals surface area (Å²) in [5.41, 5.74) is 1.66. The summed E-state index contributed by atoms with van der Waals surface area (Å²) in [5.74, 6) is 0.899. The zero-order valence-electron chi connectivity index (χ0n) is 13.4. The van der Waals surface area contributed by atoms with Crippen LogP contribution >= 0.6 is 0 Å². The second kappa shape index (κ2) is 7.29. The lowest BCUT2D eigenvalue weighted by molar-refractivity contribution is 0.0706. The van der Waals surface area contributed by atoms with Gasteiger partial charge in [0.25, 0.3) is 5.91 Å². The van der Waals surface area contributed by atoms with E-state index < -0.39 is 0 Å². The number of ether oxygens (including phenoxy) is 1. The van der Waals surface area contributed by atoms with Crippen LogP contribution in [0.4, 0.5) is 0 Å². The van der Waals surface area contributed by atoms with Crippen molar-refractivity contribution in [1.82, 2.24) is 10.2 Å². The summed E-state index contributed by atoms with van der Waals surface area (Å²) in [6.45, 7) is 4.83. The highest BCUT2D eigenvalue weighted by Crippen LogP contribution is 2.17. The molecule has 2 aromatic carbocycles. The average molecular weight is 310 g/mol. The Morgan fingerprint density at radius 1 is 1.17 bits per heavy atom. The molecule has 1 aliphatic heterocycles. The molecule has 1 atom stereocenters. The highest BCUT2D eigenvalue weighted by atomic mass is 16.5. The van der Waals surface area contributed by atoms with E-state index >= 15 is 0 Å². The van der Waals surface area contributed by atoms with Crippen LogP contribution < -0.4 is 10.1 Å². The molecule has 0 spiro atoms. The normalized spacial score (nSPS) is 17.8. The van der Waals surface area contributed by atoms with E-state index in [-0.39, 0.29) is 5.91 Å². The van der Waals surface area contributed by atoms with E-state index in [1.54, 1.807) is 0 Å². The van der Waals surface area contributed by atoms with Crippen LogP contribution in [0.2, 0.25) is 0 Å². The minimum absolute atomic E-state index is 0.0885. The number of nitrogens with zero attached hydrogens (tertiary/aromatic N) is 1. The zero-order chi connectivity index (χ0) is 16.1. The Kier molecular flexibility index (Phi) is 4.93. The van der Waals surface area contributed by atoms with Gasteiger partial charge in [0.1, 0.15) is 12.4 Å². The summed E-state index contributed by atoms with van der Waals surface area (Å²) >= 11 is 0. The minimum Gasteiger partial charge on any atom is -0.489 e. The predicted molar refractivity (Wildman–Crippen MR) is 90.6 cm³/mol. The van der Waals surface area contributed by atoms with E-state index in [1.807, 2.05) is 59.5 Å². The fourth-order valence-corrected chi connectivity index (χ4v) is 2.82. The van der Waals surface area contributed by atoms with Gasteiger partial charge in [-0.15, -0.1) is 0 Å². The van der Waals surface area contributed by atoms with Crippen LogP contribution in [0.1, 0.15) is 22.8 Å². The molecule has 1 aliphatic rings. The molecule has 0 aliphatic carbocycles. The van der Waals surface area contributed by atoms with Crippen LogP contribution in [0.5, 0.6) is 5.75 Å². The Morgan fingerprint density at radius 2 is 1.91 bits per heavy atom. The molecule has 1 amide bonds. The van der Waals surface area contributed by atoms with Crippen LogP contribution in [-0.4, -0.2) is 36.5 Å². The number of carbonyl (C=O) groups is 1. The summed E-state index contributed by atoms with van der Waals surface area (Å²) < 4.78 is 5.81. The van der Waals surface area contributed by atoms with Crippen molar-refractivity contribution in [2.24, 2.45) is 0 Å². The van der Waals surface area contributed by atoms with Crippen molar-refractivity contribution in [3.63, 3.8) is 0 Å². The summed E-state index contributed by atoms with van der Waals surface area (Å²) in [6.07, 6.45) is 0. The zero-order valence-corrected chi connectivity index (χ0v) is 13.4. The number of piperazine rings is 1. The van der Waals surface area contributed by atoms with Crippen LogP contribution in [0.25, 0.3) is 0 Å².